The molecule has 0 aliphatic heterocycles. The number of rotatable bonds is 7. The van der Waals surface area contributed by atoms with E-state index in [-0.39, 0.29) is 0 Å². The molecule has 1 aliphatic carbocycles. The Labute approximate surface area is 115 Å². The summed E-state index contributed by atoms with van der Waals surface area (Å²) in [5.74, 6) is 0.760. The highest BCUT2D eigenvalue weighted by Gasteiger charge is 2.28. The van der Waals surface area contributed by atoms with Crippen LogP contribution in [0, 0.1) is 0 Å². The van der Waals surface area contributed by atoms with Crippen LogP contribution in [0.4, 0.5) is 11.4 Å². The SMILES string of the molecule is CCOc1cc(NCC(C)N(C)C2CC2)ccc1N. The molecular formula is C15H25N3O. The summed E-state index contributed by atoms with van der Waals surface area (Å²) in [6.07, 6.45) is 2.69. The predicted octanol–water partition coefficient (Wildman–Crippen LogP) is 2.56. The van der Waals surface area contributed by atoms with Gasteiger partial charge in [-0.25, -0.2) is 0 Å². The molecule has 0 aromatic heterocycles. The van der Waals surface area contributed by atoms with Gasteiger partial charge in [0.1, 0.15) is 5.75 Å². The van der Waals surface area contributed by atoms with Crippen molar-refractivity contribution in [3.63, 3.8) is 0 Å². The second-order valence-electron chi connectivity index (χ2n) is 5.31. The number of hydrogen-bond acceptors (Lipinski definition) is 4. The number of hydrogen-bond donors (Lipinski definition) is 2. The van der Waals surface area contributed by atoms with Gasteiger partial charge in [0.15, 0.2) is 0 Å². The van der Waals surface area contributed by atoms with E-state index in [9.17, 15) is 0 Å². The van der Waals surface area contributed by atoms with Crippen molar-refractivity contribution in [3.8, 4) is 5.75 Å². The smallest absolute Gasteiger partial charge is 0.144 e. The molecule has 0 bridgehead atoms. The molecule has 19 heavy (non-hydrogen) atoms. The molecular weight excluding hydrogens is 238 g/mol. The highest BCUT2D eigenvalue weighted by atomic mass is 16.5. The Morgan fingerprint density at radius 2 is 2.21 bits per heavy atom. The second-order valence-corrected chi connectivity index (χ2v) is 5.31. The number of nitrogen functional groups attached to an aromatic ring is 1. The molecule has 4 heteroatoms. The molecule has 3 N–H and O–H groups in total. The van der Waals surface area contributed by atoms with Gasteiger partial charge < -0.3 is 15.8 Å². The minimum Gasteiger partial charge on any atom is -0.492 e. The van der Waals surface area contributed by atoms with Crippen LogP contribution in [-0.4, -0.2) is 37.2 Å². The Morgan fingerprint density at radius 3 is 2.84 bits per heavy atom. The van der Waals surface area contributed by atoms with Gasteiger partial charge in [0.05, 0.1) is 12.3 Å². The van der Waals surface area contributed by atoms with Crippen LogP contribution in [0.1, 0.15) is 26.7 Å². The van der Waals surface area contributed by atoms with Crippen LogP contribution >= 0.6 is 0 Å². The van der Waals surface area contributed by atoms with Gasteiger partial charge in [0, 0.05) is 30.4 Å². The van der Waals surface area contributed by atoms with E-state index in [1.54, 1.807) is 0 Å². The Morgan fingerprint density at radius 1 is 1.47 bits per heavy atom. The van der Waals surface area contributed by atoms with Crippen molar-refractivity contribution in [1.29, 1.82) is 0 Å². The zero-order chi connectivity index (χ0) is 13.8. The molecule has 1 atom stereocenters. The first-order valence-electron chi connectivity index (χ1n) is 7.10. The lowest BCUT2D eigenvalue weighted by Crippen LogP contribution is -2.36. The normalized spacial score (nSPS) is 16.4. The number of likely N-dealkylation sites (N-methyl/N-ethyl adjacent to an activating group) is 1. The maximum Gasteiger partial charge on any atom is 0.144 e. The van der Waals surface area contributed by atoms with E-state index in [4.69, 9.17) is 10.5 Å². The summed E-state index contributed by atoms with van der Waals surface area (Å²) >= 11 is 0. The van der Waals surface area contributed by atoms with Crippen molar-refractivity contribution >= 4 is 11.4 Å². The molecule has 1 aromatic rings. The van der Waals surface area contributed by atoms with Crippen LogP contribution in [0.3, 0.4) is 0 Å². The average molecular weight is 263 g/mol. The van der Waals surface area contributed by atoms with Gasteiger partial charge in [-0.1, -0.05) is 0 Å². The second kappa shape index (κ2) is 6.15. The highest BCUT2D eigenvalue weighted by molar-refractivity contribution is 5.61. The molecule has 1 saturated carbocycles. The quantitative estimate of drug-likeness (QED) is 0.742. The van der Waals surface area contributed by atoms with E-state index < -0.39 is 0 Å². The fourth-order valence-electron chi connectivity index (χ4n) is 2.18. The third-order valence-electron chi connectivity index (χ3n) is 3.73. The number of benzene rings is 1. The minimum atomic E-state index is 0.528. The summed E-state index contributed by atoms with van der Waals surface area (Å²) in [6, 6.07) is 7.19. The number of anilines is 2. The molecule has 0 heterocycles. The van der Waals surface area contributed by atoms with E-state index in [1.807, 2.05) is 25.1 Å². The number of ether oxygens (including phenoxy) is 1. The van der Waals surface area contributed by atoms with E-state index >= 15 is 0 Å². The van der Waals surface area contributed by atoms with Gasteiger partial charge in [-0.3, -0.25) is 4.90 Å². The molecule has 4 nitrogen and oxygen atoms in total. The van der Waals surface area contributed by atoms with Crippen LogP contribution in [-0.2, 0) is 0 Å². The van der Waals surface area contributed by atoms with E-state index in [0.717, 1.165) is 24.0 Å². The topological polar surface area (TPSA) is 50.5 Å². The maximum absolute atomic E-state index is 5.87. The van der Waals surface area contributed by atoms with Crippen LogP contribution in [0.2, 0.25) is 0 Å². The maximum atomic E-state index is 5.87. The van der Waals surface area contributed by atoms with E-state index in [0.29, 0.717) is 18.3 Å². The summed E-state index contributed by atoms with van der Waals surface area (Å²) < 4.78 is 5.50. The standard InChI is InChI=1S/C15H25N3O/c1-4-19-15-9-12(5-8-14(15)16)17-10-11(2)18(3)13-6-7-13/h5,8-9,11,13,17H,4,6-7,10,16H2,1-3H3. The van der Waals surface area contributed by atoms with Gasteiger partial charge in [0.2, 0.25) is 0 Å². The molecule has 1 unspecified atom stereocenters. The Balaban J connectivity index is 1.89. The van der Waals surface area contributed by atoms with Gasteiger partial charge in [-0.15, -0.1) is 0 Å². The average Bonchev–Trinajstić information content (AvgIpc) is 3.23. The van der Waals surface area contributed by atoms with Gasteiger partial charge >= 0.3 is 0 Å². The molecule has 2 rings (SSSR count). The summed E-state index contributed by atoms with van der Waals surface area (Å²) in [4.78, 5) is 2.45. The Bertz CT molecular complexity index is 418. The van der Waals surface area contributed by atoms with Crippen molar-refractivity contribution in [3.05, 3.63) is 18.2 Å². The summed E-state index contributed by atoms with van der Waals surface area (Å²) in [5, 5.41) is 3.46. The van der Waals surface area contributed by atoms with E-state index in [2.05, 4.69) is 24.2 Å². The molecule has 0 spiro atoms. The molecule has 1 fully saturated rings. The molecule has 1 aromatic carbocycles. The van der Waals surface area contributed by atoms with Crippen LogP contribution in [0.25, 0.3) is 0 Å². The summed E-state index contributed by atoms with van der Waals surface area (Å²) in [5.41, 5.74) is 7.62. The van der Waals surface area contributed by atoms with E-state index in [1.165, 1.54) is 12.8 Å². The minimum absolute atomic E-state index is 0.528. The van der Waals surface area contributed by atoms with Gasteiger partial charge in [-0.2, -0.15) is 0 Å². The van der Waals surface area contributed by atoms with Gasteiger partial charge in [0.25, 0.3) is 0 Å². The Kier molecular flexibility index (Phi) is 4.53. The Hall–Kier alpha value is -1.42. The molecule has 0 amide bonds. The third-order valence-corrected chi connectivity index (χ3v) is 3.73. The highest BCUT2D eigenvalue weighted by Crippen LogP contribution is 2.28. The van der Waals surface area contributed by atoms with Crippen molar-refractivity contribution in [1.82, 2.24) is 4.90 Å². The number of nitrogens with zero attached hydrogens (tertiary/aromatic N) is 1. The largest absolute Gasteiger partial charge is 0.492 e. The summed E-state index contributed by atoms with van der Waals surface area (Å²) in [6.45, 7) is 5.79. The lowest BCUT2D eigenvalue weighted by Gasteiger charge is -2.25. The zero-order valence-electron chi connectivity index (χ0n) is 12.1. The molecule has 0 radical (unpaired) electrons. The fraction of sp³-hybridized carbons (Fsp3) is 0.600. The van der Waals surface area contributed by atoms with Crippen molar-refractivity contribution < 1.29 is 4.74 Å². The lowest BCUT2D eigenvalue weighted by molar-refractivity contribution is 0.257. The molecule has 0 saturated heterocycles. The van der Waals surface area contributed by atoms with Crippen LogP contribution in [0.15, 0.2) is 18.2 Å². The number of nitrogens with two attached hydrogens (primary N) is 1. The first-order chi connectivity index (χ1) is 9.11. The van der Waals surface area contributed by atoms with Crippen LogP contribution in [0.5, 0.6) is 5.75 Å². The number of nitrogens with one attached hydrogen (secondary N) is 1. The first kappa shape index (κ1) is 14.0. The van der Waals surface area contributed by atoms with Crippen molar-refractivity contribution in [2.45, 2.75) is 38.8 Å². The first-order valence-corrected chi connectivity index (χ1v) is 7.10. The van der Waals surface area contributed by atoms with Gasteiger partial charge in [-0.05, 0) is 45.9 Å². The fourth-order valence-corrected chi connectivity index (χ4v) is 2.18. The van der Waals surface area contributed by atoms with Crippen molar-refractivity contribution in [2.24, 2.45) is 0 Å². The van der Waals surface area contributed by atoms with Crippen molar-refractivity contribution in [2.75, 3.05) is 31.2 Å². The lowest BCUT2D eigenvalue weighted by atomic mass is 10.2. The predicted molar refractivity (Wildman–Crippen MR) is 80.8 cm³/mol. The summed E-state index contributed by atoms with van der Waals surface area (Å²) in [7, 11) is 2.21. The monoisotopic (exact) mass is 263 g/mol. The zero-order valence-corrected chi connectivity index (χ0v) is 12.1. The van der Waals surface area contributed by atoms with Crippen LogP contribution < -0.4 is 15.8 Å². The molecule has 1 aliphatic rings. The molecule has 106 valence electrons. The third kappa shape index (κ3) is 3.77.